The molecule has 2 N–H and O–H groups in total. The summed E-state index contributed by atoms with van der Waals surface area (Å²) < 4.78 is 0. The molecule has 0 radical (unpaired) electrons. The van der Waals surface area contributed by atoms with Crippen molar-refractivity contribution in [3.63, 3.8) is 0 Å². The Kier molecular flexibility index (Phi) is 1.97. The highest BCUT2D eigenvalue weighted by Gasteiger charge is 2.05. The van der Waals surface area contributed by atoms with E-state index < -0.39 is 0 Å². The first kappa shape index (κ1) is 6.17. The molecule has 0 fully saturated rings. The maximum atomic E-state index is 5.60. The quantitative estimate of drug-likeness (QED) is 0.474. The van der Waals surface area contributed by atoms with Gasteiger partial charge in [0.25, 0.3) is 0 Å². The molecule has 46 valence electrons. The third-order valence-electron chi connectivity index (χ3n) is 1.38. The van der Waals surface area contributed by atoms with Gasteiger partial charge in [-0.1, -0.05) is 6.08 Å². The third-order valence-corrected chi connectivity index (χ3v) is 1.75. The van der Waals surface area contributed by atoms with Crippen LogP contribution in [0.2, 0.25) is 0 Å². The van der Waals surface area contributed by atoms with Crippen LogP contribution in [0.15, 0.2) is 11.0 Å². The molecule has 1 aliphatic carbocycles. The predicted octanol–water partition coefficient (Wildman–Crippen LogP) is 1.31. The minimum Gasteiger partial charge on any atom is -0.324 e. The van der Waals surface area contributed by atoms with Crippen molar-refractivity contribution < 1.29 is 0 Å². The number of hydrogen-bond donors (Lipinski definition) is 2. The van der Waals surface area contributed by atoms with E-state index in [0.29, 0.717) is 0 Å². The van der Waals surface area contributed by atoms with Crippen molar-refractivity contribution in [1.29, 1.82) is 0 Å². The van der Waals surface area contributed by atoms with E-state index in [1.165, 1.54) is 6.42 Å². The first-order chi connectivity index (χ1) is 3.79. The average molecular weight is 129 g/mol. The van der Waals surface area contributed by atoms with Crippen LogP contribution in [0.1, 0.15) is 19.3 Å². The maximum Gasteiger partial charge on any atom is 0.0234 e. The second-order valence-electron chi connectivity index (χ2n) is 2.21. The van der Waals surface area contributed by atoms with Crippen molar-refractivity contribution in [2.45, 2.75) is 25.3 Å². The summed E-state index contributed by atoms with van der Waals surface area (Å²) >= 11 is 4.20. The van der Waals surface area contributed by atoms with E-state index in [0.717, 1.165) is 17.7 Å². The molecule has 0 spiro atoms. The number of thiol groups is 1. The minimum atomic E-state index is 0.274. The lowest BCUT2D eigenvalue weighted by molar-refractivity contribution is 0.641. The fourth-order valence-corrected chi connectivity index (χ4v) is 1.28. The Balaban J connectivity index is 2.50. The molecule has 0 aromatic carbocycles. The van der Waals surface area contributed by atoms with E-state index in [1.54, 1.807) is 0 Å². The van der Waals surface area contributed by atoms with Gasteiger partial charge in [-0.15, -0.1) is 12.6 Å². The summed E-state index contributed by atoms with van der Waals surface area (Å²) in [5.41, 5.74) is 5.60. The second kappa shape index (κ2) is 2.55. The molecule has 0 saturated carbocycles. The fourth-order valence-electron chi connectivity index (χ4n) is 0.933. The molecule has 1 rings (SSSR count). The maximum absolute atomic E-state index is 5.60. The summed E-state index contributed by atoms with van der Waals surface area (Å²) in [6.07, 6.45) is 5.49. The second-order valence-corrected chi connectivity index (χ2v) is 2.79. The molecule has 8 heavy (non-hydrogen) atoms. The standard InChI is InChI=1S/C6H11NS/c7-5-2-1-3-6(8)4-5/h4-5,8H,1-3,7H2. The van der Waals surface area contributed by atoms with Crippen LogP contribution in [0, 0.1) is 0 Å². The van der Waals surface area contributed by atoms with Crippen LogP contribution in [-0.2, 0) is 0 Å². The predicted molar refractivity (Wildman–Crippen MR) is 38.9 cm³/mol. The first-order valence-electron chi connectivity index (χ1n) is 2.94. The fraction of sp³-hybridized carbons (Fsp3) is 0.667. The van der Waals surface area contributed by atoms with Gasteiger partial charge in [-0.2, -0.15) is 0 Å². The number of hydrogen-bond acceptors (Lipinski definition) is 2. The Morgan fingerprint density at radius 3 is 2.88 bits per heavy atom. The molecule has 0 bridgehead atoms. The Labute approximate surface area is 55.4 Å². The summed E-state index contributed by atoms with van der Waals surface area (Å²) in [5.74, 6) is 0. The summed E-state index contributed by atoms with van der Waals surface area (Å²) in [5, 5.41) is 0. The van der Waals surface area contributed by atoms with Crippen molar-refractivity contribution in [3.8, 4) is 0 Å². The van der Waals surface area contributed by atoms with Gasteiger partial charge < -0.3 is 5.73 Å². The van der Waals surface area contributed by atoms with E-state index in [4.69, 9.17) is 5.73 Å². The van der Waals surface area contributed by atoms with Crippen molar-refractivity contribution >= 4 is 12.6 Å². The molecule has 0 aromatic heterocycles. The van der Waals surface area contributed by atoms with Crippen molar-refractivity contribution in [3.05, 3.63) is 11.0 Å². The highest BCUT2D eigenvalue weighted by Crippen LogP contribution is 2.18. The van der Waals surface area contributed by atoms with Gasteiger partial charge in [0.15, 0.2) is 0 Å². The Hall–Kier alpha value is 0.0500. The summed E-state index contributed by atoms with van der Waals surface area (Å²) in [6, 6.07) is 0.274. The van der Waals surface area contributed by atoms with Gasteiger partial charge in [-0.05, 0) is 24.2 Å². The zero-order valence-corrected chi connectivity index (χ0v) is 5.70. The molecule has 1 aliphatic rings. The minimum absolute atomic E-state index is 0.274. The molecule has 1 unspecified atom stereocenters. The van der Waals surface area contributed by atoms with E-state index >= 15 is 0 Å². The molecule has 1 nitrogen and oxygen atoms in total. The molecular formula is C6H11NS. The summed E-state index contributed by atoms with van der Waals surface area (Å²) in [6.45, 7) is 0. The zero-order chi connectivity index (χ0) is 5.98. The Morgan fingerprint density at radius 2 is 2.50 bits per heavy atom. The van der Waals surface area contributed by atoms with Crippen LogP contribution in [-0.4, -0.2) is 6.04 Å². The first-order valence-corrected chi connectivity index (χ1v) is 3.39. The molecule has 2 heteroatoms. The molecule has 0 heterocycles. The van der Waals surface area contributed by atoms with Crippen LogP contribution < -0.4 is 5.73 Å². The van der Waals surface area contributed by atoms with Gasteiger partial charge >= 0.3 is 0 Å². The van der Waals surface area contributed by atoms with Crippen molar-refractivity contribution in [2.24, 2.45) is 5.73 Å². The number of allylic oxidation sites excluding steroid dienone is 1. The van der Waals surface area contributed by atoms with E-state index in [-0.39, 0.29) is 6.04 Å². The number of rotatable bonds is 0. The number of nitrogens with two attached hydrogens (primary N) is 1. The molecule has 0 saturated heterocycles. The summed E-state index contributed by atoms with van der Waals surface area (Å²) in [7, 11) is 0. The largest absolute Gasteiger partial charge is 0.324 e. The molecular weight excluding hydrogens is 118 g/mol. The van der Waals surface area contributed by atoms with Gasteiger partial charge in [-0.25, -0.2) is 0 Å². The molecule has 0 aliphatic heterocycles. The molecule has 0 amide bonds. The van der Waals surface area contributed by atoms with Crippen LogP contribution in [0.3, 0.4) is 0 Å². The molecule has 0 aromatic rings. The monoisotopic (exact) mass is 129 g/mol. The van der Waals surface area contributed by atoms with Crippen LogP contribution in [0.5, 0.6) is 0 Å². The lowest BCUT2D eigenvalue weighted by Crippen LogP contribution is -2.19. The molecule has 1 atom stereocenters. The van der Waals surface area contributed by atoms with Crippen molar-refractivity contribution in [1.82, 2.24) is 0 Å². The van der Waals surface area contributed by atoms with Crippen LogP contribution >= 0.6 is 12.6 Å². The van der Waals surface area contributed by atoms with Crippen molar-refractivity contribution in [2.75, 3.05) is 0 Å². The van der Waals surface area contributed by atoms with Gasteiger partial charge in [0, 0.05) is 6.04 Å². The topological polar surface area (TPSA) is 26.0 Å². The van der Waals surface area contributed by atoms with Gasteiger partial charge in [0.1, 0.15) is 0 Å². The highest BCUT2D eigenvalue weighted by molar-refractivity contribution is 7.84. The Morgan fingerprint density at radius 1 is 1.75 bits per heavy atom. The smallest absolute Gasteiger partial charge is 0.0234 e. The third kappa shape index (κ3) is 1.53. The van der Waals surface area contributed by atoms with Crippen LogP contribution in [0.4, 0.5) is 0 Å². The lowest BCUT2D eigenvalue weighted by atomic mass is 10.0. The SMILES string of the molecule is NC1C=C(S)CCC1. The zero-order valence-electron chi connectivity index (χ0n) is 4.80. The average Bonchev–Trinajstić information content (AvgIpc) is 1.64. The Bertz CT molecular complexity index is 109. The van der Waals surface area contributed by atoms with E-state index in [1.807, 2.05) is 6.08 Å². The summed E-state index contributed by atoms with van der Waals surface area (Å²) in [4.78, 5) is 1.16. The normalized spacial score (nSPS) is 29.8. The lowest BCUT2D eigenvalue weighted by Gasteiger charge is -2.13. The van der Waals surface area contributed by atoms with E-state index in [2.05, 4.69) is 12.6 Å². The van der Waals surface area contributed by atoms with Gasteiger partial charge in [-0.3, -0.25) is 0 Å². The van der Waals surface area contributed by atoms with Gasteiger partial charge in [0.05, 0.1) is 0 Å². The van der Waals surface area contributed by atoms with Crippen LogP contribution in [0.25, 0.3) is 0 Å². The highest BCUT2D eigenvalue weighted by atomic mass is 32.1. The van der Waals surface area contributed by atoms with Gasteiger partial charge in [0.2, 0.25) is 0 Å². The van der Waals surface area contributed by atoms with E-state index in [9.17, 15) is 0 Å².